The lowest BCUT2D eigenvalue weighted by molar-refractivity contribution is 0.0656. The molecule has 0 saturated heterocycles. The van der Waals surface area contributed by atoms with Crippen LogP contribution >= 0.6 is 11.3 Å². The fourth-order valence-corrected chi connectivity index (χ4v) is 2.62. The van der Waals surface area contributed by atoms with E-state index in [1.54, 1.807) is 0 Å². The van der Waals surface area contributed by atoms with Crippen LogP contribution in [0, 0.1) is 0 Å². The number of anilines is 1. The van der Waals surface area contributed by atoms with Crippen LogP contribution in [0.25, 0.3) is 21.9 Å². The van der Waals surface area contributed by atoms with Crippen molar-refractivity contribution in [3.8, 4) is 10.6 Å². The topological polar surface area (TPSA) is 92.4 Å². The summed E-state index contributed by atoms with van der Waals surface area (Å²) < 4.78 is 5.16. The molecule has 0 amide bonds. The standard InChI is InChI=1S/C14H14N4O3S/c1-7(2)18(3)11-9(8-5-4-6-22-8)15-10-12(17-11)21-13(16-10)14(19)20/h4-7H,1-3H3,(H,19,20). The third-order valence-electron chi connectivity index (χ3n) is 3.28. The van der Waals surface area contributed by atoms with E-state index < -0.39 is 11.9 Å². The molecule has 1 N–H and O–H groups in total. The maximum Gasteiger partial charge on any atom is 0.392 e. The van der Waals surface area contributed by atoms with E-state index >= 15 is 0 Å². The van der Waals surface area contributed by atoms with E-state index in [0.29, 0.717) is 11.5 Å². The molecule has 0 aliphatic carbocycles. The highest BCUT2D eigenvalue weighted by Crippen LogP contribution is 2.32. The Morgan fingerprint density at radius 2 is 2.14 bits per heavy atom. The van der Waals surface area contributed by atoms with Crippen LogP contribution in [0.3, 0.4) is 0 Å². The summed E-state index contributed by atoms with van der Waals surface area (Å²) in [6, 6.07) is 4.07. The summed E-state index contributed by atoms with van der Waals surface area (Å²) in [5, 5.41) is 10.9. The number of carbonyl (C=O) groups is 1. The minimum absolute atomic E-state index is 0.125. The summed E-state index contributed by atoms with van der Waals surface area (Å²) in [4.78, 5) is 26.7. The highest BCUT2D eigenvalue weighted by molar-refractivity contribution is 7.13. The molecule has 0 saturated carbocycles. The van der Waals surface area contributed by atoms with Gasteiger partial charge in [0.1, 0.15) is 5.69 Å². The number of aromatic carboxylic acids is 1. The molecule has 0 unspecified atom stereocenters. The van der Waals surface area contributed by atoms with Crippen molar-refractivity contribution in [2.75, 3.05) is 11.9 Å². The number of nitrogens with zero attached hydrogens (tertiary/aromatic N) is 4. The minimum atomic E-state index is -1.24. The molecule has 0 atom stereocenters. The molecule has 7 nitrogen and oxygen atoms in total. The number of thiophene rings is 1. The summed E-state index contributed by atoms with van der Waals surface area (Å²) in [7, 11) is 1.91. The quantitative estimate of drug-likeness (QED) is 0.790. The first-order valence-corrected chi connectivity index (χ1v) is 7.54. The van der Waals surface area contributed by atoms with Crippen LogP contribution < -0.4 is 4.90 Å². The van der Waals surface area contributed by atoms with Gasteiger partial charge in [0.2, 0.25) is 5.65 Å². The number of fused-ring (bicyclic) bond motifs is 1. The number of oxazole rings is 1. The van der Waals surface area contributed by atoms with Gasteiger partial charge in [-0.05, 0) is 25.3 Å². The van der Waals surface area contributed by atoms with Crippen molar-refractivity contribution >= 4 is 34.5 Å². The van der Waals surface area contributed by atoms with Crippen LogP contribution in [-0.2, 0) is 0 Å². The van der Waals surface area contributed by atoms with Gasteiger partial charge in [0.15, 0.2) is 5.82 Å². The molecule has 22 heavy (non-hydrogen) atoms. The fourth-order valence-electron chi connectivity index (χ4n) is 1.92. The van der Waals surface area contributed by atoms with Gasteiger partial charge in [-0.15, -0.1) is 11.3 Å². The zero-order chi connectivity index (χ0) is 15.9. The van der Waals surface area contributed by atoms with E-state index in [1.165, 1.54) is 11.3 Å². The number of hydrogen-bond acceptors (Lipinski definition) is 7. The molecule has 0 bridgehead atoms. The van der Waals surface area contributed by atoms with Gasteiger partial charge in [-0.2, -0.15) is 9.97 Å². The van der Waals surface area contributed by atoms with E-state index in [9.17, 15) is 4.79 Å². The molecule has 114 valence electrons. The lowest BCUT2D eigenvalue weighted by Crippen LogP contribution is -2.27. The van der Waals surface area contributed by atoms with Crippen molar-refractivity contribution in [2.45, 2.75) is 19.9 Å². The summed E-state index contributed by atoms with van der Waals surface area (Å²) in [6.07, 6.45) is 0. The van der Waals surface area contributed by atoms with Crippen molar-refractivity contribution in [1.82, 2.24) is 15.0 Å². The Balaban J connectivity index is 2.25. The van der Waals surface area contributed by atoms with Crippen LogP contribution in [0.2, 0.25) is 0 Å². The van der Waals surface area contributed by atoms with Gasteiger partial charge in [-0.25, -0.2) is 9.78 Å². The predicted molar refractivity (Wildman–Crippen MR) is 83.4 cm³/mol. The smallest absolute Gasteiger partial charge is 0.392 e. The zero-order valence-electron chi connectivity index (χ0n) is 12.3. The Bertz CT molecular complexity index is 826. The fraction of sp³-hybridized carbons (Fsp3) is 0.286. The Kier molecular flexibility index (Phi) is 3.53. The van der Waals surface area contributed by atoms with Gasteiger partial charge >= 0.3 is 11.9 Å². The average molecular weight is 318 g/mol. The van der Waals surface area contributed by atoms with E-state index in [1.807, 2.05) is 43.3 Å². The Labute approximate surface area is 130 Å². The van der Waals surface area contributed by atoms with E-state index in [-0.39, 0.29) is 17.4 Å². The highest BCUT2D eigenvalue weighted by atomic mass is 32.1. The number of carboxylic acid groups (broad SMARTS) is 1. The Morgan fingerprint density at radius 1 is 1.36 bits per heavy atom. The van der Waals surface area contributed by atoms with Crippen molar-refractivity contribution in [2.24, 2.45) is 0 Å². The van der Waals surface area contributed by atoms with Gasteiger partial charge in [0.05, 0.1) is 4.88 Å². The van der Waals surface area contributed by atoms with E-state index in [4.69, 9.17) is 9.52 Å². The van der Waals surface area contributed by atoms with Crippen LogP contribution in [0.1, 0.15) is 24.5 Å². The van der Waals surface area contributed by atoms with Crippen molar-refractivity contribution in [3.63, 3.8) is 0 Å². The molecule has 3 rings (SSSR count). The summed E-state index contributed by atoms with van der Waals surface area (Å²) in [5.41, 5.74) is 0.992. The normalized spacial score (nSPS) is 11.3. The minimum Gasteiger partial charge on any atom is -0.474 e. The van der Waals surface area contributed by atoms with Crippen LogP contribution in [0.15, 0.2) is 21.9 Å². The molecule has 0 radical (unpaired) electrons. The largest absolute Gasteiger partial charge is 0.474 e. The molecule has 3 heterocycles. The second-order valence-electron chi connectivity index (χ2n) is 5.03. The first kappa shape index (κ1) is 14.5. The number of hydrogen-bond donors (Lipinski definition) is 1. The van der Waals surface area contributed by atoms with E-state index in [0.717, 1.165) is 4.88 Å². The maximum atomic E-state index is 11.0. The van der Waals surface area contributed by atoms with Crippen molar-refractivity contribution < 1.29 is 14.3 Å². The third kappa shape index (κ3) is 2.41. The summed E-state index contributed by atoms with van der Waals surface area (Å²) in [6.45, 7) is 4.07. The lowest BCUT2D eigenvalue weighted by Gasteiger charge is -2.23. The first-order valence-electron chi connectivity index (χ1n) is 6.66. The molecule has 0 aliphatic rings. The van der Waals surface area contributed by atoms with Gasteiger partial charge in [0.25, 0.3) is 5.71 Å². The number of aromatic nitrogens is 3. The van der Waals surface area contributed by atoms with Crippen molar-refractivity contribution in [3.05, 3.63) is 23.4 Å². The lowest BCUT2D eigenvalue weighted by atomic mass is 10.2. The number of carboxylic acids is 1. The third-order valence-corrected chi connectivity index (χ3v) is 4.15. The molecule has 8 heteroatoms. The van der Waals surface area contributed by atoms with Gasteiger partial charge in [0, 0.05) is 13.1 Å². The monoisotopic (exact) mass is 318 g/mol. The maximum absolute atomic E-state index is 11.0. The van der Waals surface area contributed by atoms with Gasteiger partial charge in [-0.3, -0.25) is 0 Å². The first-order chi connectivity index (χ1) is 10.5. The molecule has 3 aromatic heterocycles. The van der Waals surface area contributed by atoms with Crippen LogP contribution in [-0.4, -0.2) is 39.1 Å². The second kappa shape index (κ2) is 5.38. The molecule has 0 aliphatic heterocycles. The Morgan fingerprint density at radius 3 is 2.73 bits per heavy atom. The zero-order valence-corrected chi connectivity index (χ0v) is 13.1. The predicted octanol–water partition coefficient (Wildman–Crippen LogP) is 2.89. The molecular formula is C14H14N4O3S. The average Bonchev–Trinajstić information content (AvgIpc) is 3.13. The second-order valence-corrected chi connectivity index (χ2v) is 5.98. The highest BCUT2D eigenvalue weighted by Gasteiger charge is 2.22. The number of rotatable bonds is 4. The summed E-state index contributed by atoms with van der Waals surface area (Å²) in [5.74, 6) is -1.01. The molecule has 3 aromatic rings. The van der Waals surface area contributed by atoms with Crippen molar-refractivity contribution in [1.29, 1.82) is 0 Å². The van der Waals surface area contributed by atoms with Crippen LogP contribution in [0.4, 0.5) is 5.82 Å². The molecule has 0 spiro atoms. The Hall–Kier alpha value is -2.48. The van der Waals surface area contributed by atoms with Gasteiger partial charge < -0.3 is 14.4 Å². The SMILES string of the molecule is CC(C)N(C)c1nc2oc(C(=O)O)nc2nc1-c1cccs1. The van der Waals surface area contributed by atoms with Crippen LogP contribution in [0.5, 0.6) is 0 Å². The van der Waals surface area contributed by atoms with E-state index in [2.05, 4.69) is 15.0 Å². The summed E-state index contributed by atoms with van der Waals surface area (Å²) >= 11 is 1.54. The van der Waals surface area contributed by atoms with Gasteiger partial charge in [-0.1, -0.05) is 6.07 Å². The molecule has 0 fully saturated rings. The molecule has 0 aromatic carbocycles. The molecular weight excluding hydrogens is 304 g/mol.